The van der Waals surface area contributed by atoms with Crippen molar-refractivity contribution >= 4 is 5.91 Å². The fraction of sp³-hybridized carbons (Fsp3) is 0.333. The summed E-state index contributed by atoms with van der Waals surface area (Å²) in [5.41, 5.74) is 2.14. The highest BCUT2D eigenvalue weighted by Gasteiger charge is 2.12. The molecule has 1 amide bonds. The SMILES string of the molecule is CC(C)C(=O)N(C)Cc1ccc(-n2cccn2)cc1. The van der Waals surface area contributed by atoms with Crippen LogP contribution < -0.4 is 0 Å². The topological polar surface area (TPSA) is 38.1 Å². The predicted molar refractivity (Wildman–Crippen MR) is 74.9 cm³/mol. The lowest BCUT2D eigenvalue weighted by Crippen LogP contribution is -2.29. The molecule has 0 aliphatic heterocycles. The van der Waals surface area contributed by atoms with Crippen LogP contribution in [0.25, 0.3) is 5.69 Å². The minimum atomic E-state index is 0.0355. The highest BCUT2D eigenvalue weighted by Crippen LogP contribution is 2.11. The van der Waals surface area contributed by atoms with E-state index >= 15 is 0 Å². The highest BCUT2D eigenvalue weighted by molar-refractivity contribution is 5.77. The molecule has 0 spiro atoms. The van der Waals surface area contributed by atoms with Crippen LogP contribution in [0.4, 0.5) is 0 Å². The Kier molecular flexibility index (Phi) is 4.00. The number of carbonyl (C=O) groups excluding carboxylic acids is 1. The van der Waals surface area contributed by atoms with Crippen LogP contribution in [0.1, 0.15) is 19.4 Å². The van der Waals surface area contributed by atoms with Crippen LogP contribution >= 0.6 is 0 Å². The van der Waals surface area contributed by atoms with Crippen LogP contribution in [-0.2, 0) is 11.3 Å². The predicted octanol–water partition coefficient (Wildman–Crippen LogP) is 2.49. The maximum absolute atomic E-state index is 11.8. The summed E-state index contributed by atoms with van der Waals surface area (Å²) in [7, 11) is 1.84. The Morgan fingerprint density at radius 2 is 2.00 bits per heavy atom. The molecule has 4 nitrogen and oxygen atoms in total. The van der Waals surface area contributed by atoms with Crippen molar-refractivity contribution in [3.8, 4) is 5.69 Å². The third kappa shape index (κ3) is 3.22. The fourth-order valence-corrected chi connectivity index (χ4v) is 1.97. The summed E-state index contributed by atoms with van der Waals surface area (Å²) < 4.78 is 1.81. The van der Waals surface area contributed by atoms with Crippen LogP contribution in [0.3, 0.4) is 0 Å². The smallest absolute Gasteiger partial charge is 0.225 e. The van der Waals surface area contributed by atoms with Crippen molar-refractivity contribution in [3.63, 3.8) is 0 Å². The fourth-order valence-electron chi connectivity index (χ4n) is 1.97. The Labute approximate surface area is 113 Å². The molecule has 0 unspecified atom stereocenters. The quantitative estimate of drug-likeness (QED) is 0.844. The van der Waals surface area contributed by atoms with Crippen LogP contribution in [0.5, 0.6) is 0 Å². The van der Waals surface area contributed by atoms with Gasteiger partial charge in [0.15, 0.2) is 0 Å². The van der Waals surface area contributed by atoms with E-state index in [9.17, 15) is 4.79 Å². The second kappa shape index (κ2) is 5.69. The standard InChI is InChI=1S/C15H19N3O/c1-12(2)15(19)17(3)11-13-5-7-14(8-6-13)18-10-4-9-16-18/h4-10,12H,11H2,1-3H3. The van der Waals surface area contributed by atoms with Gasteiger partial charge in [-0.2, -0.15) is 5.10 Å². The Morgan fingerprint density at radius 3 is 2.53 bits per heavy atom. The zero-order valence-electron chi connectivity index (χ0n) is 11.6. The molecule has 0 saturated heterocycles. The monoisotopic (exact) mass is 257 g/mol. The third-order valence-corrected chi connectivity index (χ3v) is 3.00. The molecule has 0 radical (unpaired) electrons. The van der Waals surface area contributed by atoms with E-state index in [1.54, 1.807) is 11.1 Å². The molecular formula is C15H19N3O. The second-order valence-electron chi connectivity index (χ2n) is 4.97. The van der Waals surface area contributed by atoms with Crippen molar-refractivity contribution in [1.82, 2.24) is 14.7 Å². The van der Waals surface area contributed by atoms with Gasteiger partial charge in [0.05, 0.1) is 5.69 Å². The van der Waals surface area contributed by atoms with E-state index < -0.39 is 0 Å². The van der Waals surface area contributed by atoms with Gasteiger partial charge in [0.1, 0.15) is 0 Å². The molecule has 2 rings (SSSR count). The van der Waals surface area contributed by atoms with E-state index in [4.69, 9.17) is 0 Å². The molecule has 0 atom stereocenters. The van der Waals surface area contributed by atoms with Gasteiger partial charge in [0.25, 0.3) is 0 Å². The number of amides is 1. The molecule has 0 N–H and O–H groups in total. The molecular weight excluding hydrogens is 238 g/mol. The van der Waals surface area contributed by atoms with Gasteiger partial charge in [0, 0.05) is 31.9 Å². The van der Waals surface area contributed by atoms with Crippen molar-refractivity contribution in [1.29, 1.82) is 0 Å². The number of carbonyl (C=O) groups is 1. The van der Waals surface area contributed by atoms with E-state index in [2.05, 4.69) is 5.10 Å². The summed E-state index contributed by atoms with van der Waals surface area (Å²) >= 11 is 0. The summed E-state index contributed by atoms with van der Waals surface area (Å²) in [6.45, 7) is 4.47. The lowest BCUT2D eigenvalue weighted by molar-refractivity contribution is -0.133. The van der Waals surface area contributed by atoms with Crippen molar-refractivity contribution < 1.29 is 4.79 Å². The lowest BCUT2D eigenvalue weighted by Gasteiger charge is -2.19. The molecule has 2 aromatic rings. The van der Waals surface area contributed by atoms with E-state index in [1.165, 1.54) is 0 Å². The average Bonchev–Trinajstić information content (AvgIpc) is 2.92. The van der Waals surface area contributed by atoms with Gasteiger partial charge in [-0.25, -0.2) is 4.68 Å². The number of hydrogen-bond donors (Lipinski definition) is 0. The van der Waals surface area contributed by atoms with Gasteiger partial charge in [-0.3, -0.25) is 4.79 Å². The highest BCUT2D eigenvalue weighted by atomic mass is 16.2. The maximum atomic E-state index is 11.8. The molecule has 100 valence electrons. The first kappa shape index (κ1) is 13.3. The minimum absolute atomic E-state index is 0.0355. The van der Waals surface area contributed by atoms with Crippen molar-refractivity contribution in [2.45, 2.75) is 20.4 Å². The molecule has 0 aliphatic rings. The van der Waals surface area contributed by atoms with Crippen LogP contribution in [0.2, 0.25) is 0 Å². The van der Waals surface area contributed by atoms with Gasteiger partial charge in [-0.15, -0.1) is 0 Å². The summed E-state index contributed by atoms with van der Waals surface area (Å²) in [6, 6.07) is 9.97. The number of hydrogen-bond acceptors (Lipinski definition) is 2. The first-order valence-electron chi connectivity index (χ1n) is 6.42. The summed E-state index contributed by atoms with van der Waals surface area (Å²) in [4.78, 5) is 13.6. The number of benzene rings is 1. The van der Waals surface area contributed by atoms with E-state index in [1.807, 2.05) is 62.1 Å². The molecule has 1 aromatic carbocycles. The maximum Gasteiger partial charge on any atom is 0.225 e. The van der Waals surface area contributed by atoms with Crippen LogP contribution in [-0.4, -0.2) is 27.6 Å². The molecule has 0 saturated carbocycles. The van der Waals surface area contributed by atoms with Crippen molar-refractivity contribution in [2.75, 3.05) is 7.05 Å². The molecule has 4 heteroatoms. The van der Waals surface area contributed by atoms with E-state index in [0.717, 1.165) is 11.3 Å². The Bertz CT molecular complexity index is 529. The molecule has 0 bridgehead atoms. The lowest BCUT2D eigenvalue weighted by atomic mass is 10.1. The largest absolute Gasteiger partial charge is 0.341 e. The molecule has 1 heterocycles. The van der Waals surface area contributed by atoms with Gasteiger partial charge >= 0.3 is 0 Å². The van der Waals surface area contributed by atoms with Crippen LogP contribution in [0, 0.1) is 5.92 Å². The van der Waals surface area contributed by atoms with E-state index in [-0.39, 0.29) is 11.8 Å². The molecule has 0 fully saturated rings. The van der Waals surface area contributed by atoms with Crippen molar-refractivity contribution in [2.24, 2.45) is 5.92 Å². The average molecular weight is 257 g/mol. The number of aromatic nitrogens is 2. The molecule has 19 heavy (non-hydrogen) atoms. The normalized spacial score (nSPS) is 10.7. The summed E-state index contributed by atoms with van der Waals surface area (Å²) in [6.07, 6.45) is 3.66. The third-order valence-electron chi connectivity index (χ3n) is 3.00. The number of nitrogens with zero attached hydrogens (tertiary/aromatic N) is 3. The Morgan fingerprint density at radius 1 is 1.32 bits per heavy atom. The molecule has 1 aromatic heterocycles. The zero-order valence-corrected chi connectivity index (χ0v) is 11.6. The number of rotatable bonds is 4. The Balaban J connectivity index is 2.05. The van der Waals surface area contributed by atoms with Crippen LogP contribution in [0.15, 0.2) is 42.7 Å². The summed E-state index contributed by atoms with van der Waals surface area (Å²) in [5, 5.41) is 4.18. The van der Waals surface area contributed by atoms with Gasteiger partial charge < -0.3 is 4.90 Å². The first-order chi connectivity index (χ1) is 9.08. The second-order valence-corrected chi connectivity index (χ2v) is 4.97. The molecule has 0 aliphatic carbocycles. The van der Waals surface area contributed by atoms with E-state index in [0.29, 0.717) is 6.54 Å². The van der Waals surface area contributed by atoms with Gasteiger partial charge in [0.2, 0.25) is 5.91 Å². The van der Waals surface area contributed by atoms with Gasteiger partial charge in [-0.05, 0) is 23.8 Å². The Hall–Kier alpha value is -2.10. The zero-order chi connectivity index (χ0) is 13.8. The minimum Gasteiger partial charge on any atom is -0.341 e. The first-order valence-corrected chi connectivity index (χ1v) is 6.42. The summed E-state index contributed by atoms with van der Waals surface area (Å²) in [5.74, 6) is 0.199. The van der Waals surface area contributed by atoms with Crippen molar-refractivity contribution in [3.05, 3.63) is 48.3 Å². The van der Waals surface area contributed by atoms with Gasteiger partial charge in [-0.1, -0.05) is 26.0 Å².